The summed E-state index contributed by atoms with van der Waals surface area (Å²) in [5, 5.41) is 10.2. The molecule has 0 N–H and O–H groups in total. The second-order valence-corrected chi connectivity index (χ2v) is 7.17. The van der Waals surface area contributed by atoms with Gasteiger partial charge in [-0.3, -0.25) is 24.0 Å². The van der Waals surface area contributed by atoms with Gasteiger partial charge in [-0.15, -0.1) is 0 Å². The summed E-state index contributed by atoms with van der Waals surface area (Å²) in [6.45, 7) is 1.59. The third kappa shape index (κ3) is 2.82. The lowest BCUT2D eigenvalue weighted by molar-refractivity contribution is -0.384. The van der Waals surface area contributed by atoms with E-state index in [0.717, 1.165) is 0 Å². The number of β-lactam (4-membered cyclic amide) rings is 1. The number of fused-ring (bicyclic) bond motifs is 1. The molecule has 0 bridgehead atoms. The summed E-state index contributed by atoms with van der Waals surface area (Å²) in [5.41, 5.74) is 1.27. The second kappa shape index (κ2) is 6.16. The SMILES string of the molecule is CC1=C(C(=O)OCc2ccc([N+](=O)[O-])cc2)N2C(=O)CC2S(=O)C1. The number of carbonyl (C=O) groups is 2. The number of nitrogens with zero attached hydrogens (tertiary/aromatic N) is 2. The summed E-state index contributed by atoms with van der Waals surface area (Å²) in [7, 11) is -1.19. The number of rotatable bonds is 4. The Morgan fingerprint density at radius 1 is 1.42 bits per heavy atom. The molecule has 9 heteroatoms. The number of hydrogen-bond donors (Lipinski definition) is 0. The number of esters is 1. The standard InChI is InChI=1S/C15H14N2O6S/c1-9-8-24(22)13-6-12(18)16(13)14(9)15(19)23-7-10-2-4-11(5-3-10)17(20)21/h2-5,13H,6-8H2,1H3. The van der Waals surface area contributed by atoms with E-state index >= 15 is 0 Å². The second-order valence-electron chi connectivity index (χ2n) is 5.58. The molecule has 0 aliphatic carbocycles. The van der Waals surface area contributed by atoms with Crippen molar-refractivity contribution in [3.8, 4) is 0 Å². The van der Waals surface area contributed by atoms with E-state index in [9.17, 15) is 23.9 Å². The van der Waals surface area contributed by atoms with Crippen LogP contribution in [-0.4, -0.2) is 37.0 Å². The van der Waals surface area contributed by atoms with Crippen molar-refractivity contribution in [2.45, 2.75) is 25.3 Å². The first-order valence-electron chi connectivity index (χ1n) is 7.18. The zero-order chi connectivity index (χ0) is 17.4. The number of ether oxygens (including phenoxy) is 1. The highest BCUT2D eigenvalue weighted by Gasteiger charge is 2.48. The Hall–Kier alpha value is -2.55. The van der Waals surface area contributed by atoms with E-state index in [1.165, 1.54) is 29.2 Å². The van der Waals surface area contributed by atoms with Gasteiger partial charge in [-0.1, -0.05) is 0 Å². The van der Waals surface area contributed by atoms with Crippen LogP contribution in [0.3, 0.4) is 0 Å². The van der Waals surface area contributed by atoms with Crippen molar-refractivity contribution >= 4 is 28.4 Å². The van der Waals surface area contributed by atoms with Crippen LogP contribution in [0.4, 0.5) is 5.69 Å². The summed E-state index contributed by atoms with van der Waals surface area (Å²) in [6, 6.07) is 5.65. The van der Waals surface area contributed by atoms with Gasteiger partial charge in [0.15, 0.2) is 0 Å². The van der Waals surface area contributed by atoms with Crippen molar-refractivity contribution in [2.24, 2.45) is 0 Å². The number of benzene rings is 1. The molecule has 3 rings (SSSR count). The third-order valence-corrected chi connectivity index (χ3v) is 5.63. The number of non-ortho nitro benzene ring substituents is 1. The fourth-order valence-corrected chi connectivity index (χ4v) is 4.20. The maximum atomic E-state index is 12.3. The summed E-state index contributed by atoms with van der Waals surface area (Å²) in [5.74, 6) is -0.647. The monoisotopic (exact) mass is 350 g/mol. The van der Waals surface area contributed by atoms with Gasteiger partial charge in [0.1, 0.15) is 17.7 Å². The molecule has 0 aromatic heterocycles. The Kier molecular flexibility index (Phi) is 4.18. The molecule has 0 spiro atoms. The summed E-state index contributed by atoms with van der Waals surface area (Å²) < 4.78 is 17.1. The van der Waals surface area contributed by atoms with Crippen molar-refractivity contribution in [1.82, 2.24) is 4.90 Å². The number of hydrogen-bond acceptors (Lipinski definition) is 6. The fraction of sp³-hybridized carbons (Fsp3) is 0.333. The number of amides is 1. The normalized spacial score (nSPS) is 22.7. The van der Waals surface area contributed by atoms with Crippen LogP contribution in [0.5, 0.6) is 0 Å². The van der Waals surface area contributed by atoms with E-state index in [2.05, 4.69) is 0 Å². The minimum absolute atomic E-state index is 0.0487. The van der Waals surface area contributed by atoms with Gasteiger partial charge in [0.05, 0.1) is 11.3 Å². The molecule has 24 heavy (non-hydrogen) atoms. The predicted octanol–water partition coefficient (Wildman–Crippen LogP) is 1.23. The lowest BCUT2D eigenvalue weighted by Gasteiger charge is -2.43. The number of nitro benzene ring substituents is 1. The molecule has 2 aliphatic heterocycles. The molecular weight excluding hydrogens is 336 g/mol. The topological polar surface area (TPSA) is 107 Å². The Bertz CT molecular complexity index is 786. The van der Waals surface area contributed by atoms with E-state index in [1.54, 1.807) is 6.92 Å². The molecule has 0 saturated carbocycles. The Morgan fingerprint density at radius 2 is 2.08 bits per heavy atom. The van der Waals surface area contributed by atoms with Crippen LogP contribution in [0.2, 0.25) is 0 Å². The van der Waals surface area contributed by atoms with Crippen molar-refractivity contribution in [2.75, 3.05) is 5.75 Å². The minimum Gasteiger partial charge on any atom is -0.456 e. The first-order valence-corrected chi connectivity index (χ1v) is 8.56. The van der Waals surface area contributed by atoms with Gasteiger partial charge in [-0.2, -0.15) is 0 Å². The first-order chi connectivity index (χ1) is 11.4. The largest absolute Gasteiger partial charge is 0.456 e. The average molecular weight is 350 g/mol. The zero-order valence-electron chi connectivity index (χ0n) is 12.8. The molecule has 1 aromatic rings. The lowest BCUT2D eigenvalue weighted by Crippen LogP contribution is -2.58. The smallest absolute Gasteiger partial charge is 0.355 e. The molecule has 126 valence electrons. The van der Waals surface area contributed by atoms with E-state index in [4.69, 9.17) is 4.74 Å². The minimum atomic E-state index is -1.19. The number of carbonyl (C=O) groups excluding carboxylic acids is 2. The lowest BCUT2D eigenvalue weighted by atomic mass is 10.1. The van der Waals surface area contributed by atoms with E-state index in [-0.39, 0.29) is 36.1 Å². The first kappa shape index (κ1) is 16.3. The van der Waals surface area contributed by atoms with Crippen LogP contribution in [-0.2, 0) is 31.7 Å². The van der Waals surface area contributed by atoms with Gasteiger partial charge >= 0.3 is 5.97 Å². The average Bonchev–Trinajstić information content (AvgIpc) is 2.54. The maximum absolute atomic E-state index is 12.3. The van der Waals surface area contributed by atoms with Crippen LogP contribution in [0.15, 0.2) is 35.5 Å². The number of nitro groups is 1. The fourth-order valence-electron chi connectivity index (χ4n) is 2.65. The Morgan fingerprint density at radius 3 is 2.67 bits per heavy atom. The molecule has 2 unspecified atom stereocenters. The van der Waals surface area contributed by atoms with Crippen molar-refractivity contribution in [3.05, 3.63) is 51.2 Å². The quantitative estimate of drug-likeness (QED) is 0.350. The zero-order valence-corrected chi connectivity index (χ0v) is 13.6. The van der Waals surface area contributed by atoms with Crippen molar-refractivity contribution < 1.29 is 23.5 Å². The van der Waals surface area contributed by atoms with E-state index < -0.39 is 27.1 Å². The van der Waals surface area contributed by atoms with Crippen molar-refractivity contribution in [1.29, 1.82) is 0 Å². The van der Waals surface area contributed by atoms with Crippen LogP contribution in [0, 0.1) is 10.1 Å². The predicted molar refractivity (Wildman–Crippen MR) is 83.9 cm³/mol. The van der Waals surface area contributed by atoms with Gasteiger partial charge in [-0.05, 0) is 30.2 Å². The molecule has 1 aromatic carbocycles. The molecule has 2 heterocycles. The Balaban J connectivity index is 1.70. The summed E-state index contributed by atoms with van der Waals surface area (Å²) in [6.07, 6.45) is 0.180. The van der Waals surface area contributed by atoms with Gasteiger partial charge in [0, 0.05) is 28.7 Å². The molecule has 2 aliphatic rings. The van der Waals surface area contributed by atoms with Crippen molar-refractivity contribution in [3.63, 3.8) is 0 Å². The molecule has 1 saturated heterocycles. The maximum Gasteiger partial charge on any atom is 0.355 e. The molecular formula is C15H14N2O6S. The molecule has 0 radical (unpaired) electrons. The summed E-state index contributed by atoms with van der Waals surface area (Å²) >= 11 is 0. The highest BCUT2D eigenvalue weighted by molar-refractivity contribution is 7.86. The van der Waals surface area contributed by atoms with Gasteiger partial charge in [0.25, 0.3) is 5.69 Å². The van der Waals surface area contributed by atoms with Crippen LogP contribution >= 0.6 is 0 Å². The van der Waals surface area contributed by atoms with Crippen LogP contribution < -0.4 is 0 Å². The molecule has 1 amide bonds. The molecule has 8 nitrogen and oxygen atoms in total. The summed E-state index contributed by atoms with van der Waals surface area (Å²) in [4.78, 5) is 35.4. The van der Waals surface area contributed by atoms with Gasteiger partial charge in [-0.25, -0.2) is 4.79 Å². The molecule has 2 atom stereocenters. The van der Waals surface area contributed by atoms with Crippen LogP contribution in [0.25, 0.3) is 0 Å². The highest BCUT2D eigenvalue weighted by atomic mass is 32.2. The van der Waals surface area contributed by atoms with E-state index in [0.29, 0.717) is 11.1 Å². The molecule has 1 fully saturated rings. The third-order valence-electron chi connectivity index (χ3n) is 3.92. The van der Waals surface area contributed by atoms with Gasteiger partial charge < -0.3 is 4.74 Å². The van der Waals surface area contributed by atoms with E-state index in [1.807, 2.05) is 0 Å². The van der Waals surface area contributed by atoms with Crippen LogP contribution in [0.1, 0.15) is 18.9 Å². The Labute approximate surface area is 139 Å². The highest BCUT2D eigenvalue weighted by Crippen LogP contribution is 2.34. The van der Waals surface area contributed by atoms with Gasteiger partial charge in [0.2, 0.25) is 5.91 Å².